The van der Waals surface area contributed by atoms with Crippen LogP contribution in [0.25, 0.3) is 0 Å². The van der Waals surface area contributed by atoms with Crippen molar-refractivity contribution in [3.05, 3.63) is 12.2 Å². The first-order valence-corrected chi connectivity index (χ1v) is 5.86. The lowest BCUT2D eigenvalue weighted by atomic mass is 9.94. The van der Waals surface area contributed by atoms with E-state index in [1.54, 1.807) is 0 Å². The van der Waals surface area contributed by atoms with E-state index in [9.17, 15) is 5.11 Å². The molecule has 2 nitrogen and oxygen atoms in total. The van der Waals surface area contributed by atoms with Crippen LogP contribution in [0.1, 0.15) is 39.0 Å². The third-order valence-electron chi connectivity index (χ3n) is 2.81. The Bertz CT molecular complexity index is 168. The van der Waals surface area contributed by atoms with Crippen LogP contribution in [-0.2, 0) is 0 Å². The van der Waals surface area contributed by atoms with Gasteiger partial charge in [0.05, 0.1) is 6.10 Å². The van der Waals surface area contributed by atoms with Crippen LogP contribution in [0.4, 0.5) is 0 Å². The molecule has 2 heteroatoms. The summed E-state index contributed by atoms with van der Waals surface area (Å²) in [5, 5.41) is 12.9. The monoisotopic (exact) mass is 197 g/mol. The average Bonchev–Trinajstić information content (AvgIpc) is 2.20. The fourth-order valence-corrected chi connectivity index (χ4v) is 1.93. The van der Waals surface area contributed by atoms with Crippen LogP contribution >= 0.6 is 0 Å². The highest BCUT2D eigenvalue weighted by Crippen LogP contribution is 2.16. The molecule has 0 aromatic rings. The van der Waals surface area contributed by atoms with Crippen molar-refractivity contribution >= 4 is 0 Å². The van der Waals surface area contributed by atoms with Crippen molar-refractivity contribution in [3.8, 4) is 0 Å². The Labute approximate surface area is 87.4 Å². The molecule has 2 N–H and O–H groups in total. The Morgan fingerprint density at radius 3 is 3.00 bits per heavy atom. The van der Waals surface area contributed by atoms with Gasteiger partial charge in [0.15, 0.2) is 0 Å². The molecular weight excluding hydrogens is 174 g/mol. The first-order valence-electron chi connectivity index (χ1n) is 5.86. The third kappa shape index (κ3) is 4.77. The zero-order chi connectivity index (χ0) is 10.2. The summed E-state index contributed by atoms with van der Waals surface area (Å²) in [6.45, 7) is 3.92. The van der Waals surface area contributed by atoms with Gasteiger partial charge in [0.1, 0.15) is 0 Å². The van der Waals surface area contributed by atoms with Crippen molar-refractivity contribution < 1.29 is 5.11 Å². The summed E-state index contributed by atoms with van der Waals surface area (Å²) in [6, 6.07) is 0. The van der Waals surface area contributed by atoms with Crippen LogP contribution in [0, 0.1) is 5.92 Å². The zero-order valence-corrected chi connectivity index (χ0v) is 9.21. The predicted molar refractivity (Wildman–Crippen MR) is 60.3 cm³/mol. The van der Waals surface area contributed by atoms with Crippen LogP contribution < -0.4 is 5.32 Å². The van der Waals surface area contributed by atoms with Crippen molar-refractivity contribution in [2.75, 3.05) is 13.1 Å². The summed E-state index contributed by atoms with van der Waals surface area (Å²) >= 11 is 0. The van der Waals surface area contributed by atoms with Crippen molar-refractivity contribution in [1.82, 2.24) is 5.32 Å². The molecule has 1 rings (SSSR count). The SMILES string of the molecule is CCCC(O)CNCC1CC=CCC1. The molecule has 82 valence electrons. The van der Waals surface area contributed by atoms with E-state index in [-0.39, 0.29) is 6.10 Å². The number of aliphatic hydroxyl groups is 1. The maximum atomic E-state index is 9.50. The molecule has 0 heterocycles. The van der Waals surface area contributed by atoms with Crippen LogP contribution in [0.2, 0.25) is 0 Å². The normalized spacial score (nSPS) is 23.7. The van der Waals surface area contributed by atoms with Gasteiger partial charge in [0.25, 0.3) is 0 Å². The predicted octanol–water partition coefficient (Wildman–Crippen LogP) is 2.09. The number of aliphatic hydroxyl groups excluding tert-OH is 1. The second-order valence-corrected chi connectivity index (χ2v) is 4.25. The fraction of sp³-hybridized carbons (Fsp3) is 0.833. The fourth-order valence-electron chi connectivity index (χ4n) is 1.93. The molecule has 2 unspecified atom stereocenters. The lowest BCUT2D eigenvalue weighted by molar-refractivity contribution is 0.158. The lowest BCUT2D eigenvalue weighted by Gasteiger charge is -2.19. The topological polar surface area (TPSA) is 32.3 Å². The summed E-state index contributed by atoms with van der Waals surface area (Å²) < 4.78 is 0. The van der Waals surface area contributed by atoms with Crippen molar-refractivity contribution in [2.24, 2.45) is 5.92 Å². The Balaban J connectivity index is 2.00. The third-order valence-corrected chi connectivity index (χ3v) is 2.81. The van der Waals surface area contributed by atoms with Gasteiger partial charge in [0.2, 0.25) is 0 Å². The molecule has 1 aliphatic rings. The summed E-state index contributed by atoms with van der Waals surface area (Å²) in [6.07, 6.45) is 10.1. The van der Waals surface area contributed by atoms with Gasteiger partial charge in [-0.1, -0.05) is 25.5 Å². The minimum atomic E-state index is -0.154. The van der Waals surface area contributed by atoms with Gasteiger partial charge in [-0.3, -0.25) is 0 Å². The van der Waals surface area contributed by atoms with Gasteiger partial charge >= 0.3 is 0 Å². The van der Waals surface area contributed by atoms with E-state index >= 15 is 0 Å². The molecule has 0 aromatic carbocycles. The maximum Gasteiger partial charge on any atom is 0.0664 e. The molecular formula is C12H23NO. The Hall–Kier alpha value is -0.340. The molecule has 0 amide bonds. The Kier molecular flexibility index (Phi) is 5.88. The molecule has 0 saturated heterocycles. The standard InChI is InChI=1S/C12H23NO/c1-2-6-12(14)10-13-9-11-7-4-3-5-8-11/h3-4,11-14H,2,5-10H2,1H3. The summed E-state index contributed by atoms with van der Waals surface area (Å²) in [5.74, 6) is 0.786. The van der Waals surface area contributed by atoms with E-state index in [1.807, 2.05) is 0 Å². The maximum absolute atomic E-state index is 9.50. The molecule has 1 aliphatic carbocycles. The van der Waals surface area contributed by atoms with Gasteiger partial charge in [-0.05, 0) is 38.1 Å². The quantitative estimate of drug-likeness (QED) is 0.639. The minimum absolute atomic E-state index is 0.154. The molecule has 0 radical (unpaired) electrons. The van der Waals surface area contributed by atoms with Gasteiger partial charge in [-0.15, -0.1) is 0 Å². The van der Waals surface area contributed by atoms with E-state index in [0.29, 0.717) is 0 Å². The molecule has 2 atom stereocenters. The number of hydrogen-bond acceptors (Lipinski definition) is 2. The van der Waals surface area contributed by atoms with Gasteiger partial charge in [0, 0.05) is 6.54 Å². The van der Waals surface area contributed by atoms with Crippen LogP contribution in [-0.4, -0.2) is 24.3 Å². The van der Waals surface area contributed by atoms with E-state index in [1.165, 1.54) is 19.3 Å². The van der Waals surface area contributed by atoms with Gasteiger partial charge in [-0.25, -0.2) is 0 Å². The average molecular weight is 197 g/mol. The van der Waals surface area contributed by atoms with E-state index in [0.717, 1.165) is 31.8 Å². The summed E-state index contributed by atoms with van der Waals surface area (Å²) in [4.78, 5) is 0. The highest BCUT2D eigenvalue weighted by molar-refractivity contribution is 4.90. The highest BCUT2D eigenvalue weighted by atomic mass is 16.3. The summed E-state index contributed by atoms with van der Waals surface area (Å²) in [5.41, 5.74) is 0. The molecule has 0 spiro atoms. The largest absolute Gasteiger partial charge is 0.392 e. The van der Waals surface area contributed by atoms with Crippen LogP contribution in [0.5, 0.6) is 0 Å². The Morgan fingerprint density at radius 2 is 2.36 bits per heavy atom. The highest BCUT2D eigenvalue weighted by Gasteiger charge is 2.09. The number of allylic oxidation sites excluding steroid dienone is 2. The first-order chi connectivity index (χ1) is 6.83. The lowest BCUT2D eigenvalue weighted by Crippen LogP contribution is -2.31. The van der Waals surface area contributed by atoms with Gasteiger partial charge in [-0.2, -0.15) is 0 Å². The minimum Gasteiger partial charge on any atom is -0.392 e. The zero-order valence-electron chi connectivity index (χ0n) is 9.21. The van der Waals surface area contributed by atoms with Crippen molar-refractivity contribution in [1.29, 1.82) is 0 Å². The van der Waals surface area contributed by atoms with Crippen LogP contribution in [0.3, 0.4) is 0 Å². The molecule has 0 bridgehead atoms. The number of rotatable bonds is 6. The molecule has 0 aromatic heterocycles. The molecule has 14 heavy (non-hydrogen) atoms. The van der Waals surface area contributed by atoms with E-state index < -0.39 is 0 Å². The number of nitrogens with one attached hydrogen (secondary N) is 1. The van der Waals surface area contributed by atoms with E-state index in [2.05, 4.69) is 24.4 Å². The molecule has 0 fully saturated rings. The van der Waals surface area contributed by atoms with E-state index in [4.69, 9.17) is 0 Å². The smallest absolute Gasteiger partial charge is 0.0664 e. The molecule has 0 saturated carbocycles. The first kappa shape index (κ1) is 11.7. The second kappa shape index (κ2) is 7.02. The van der Waals surface area contributed by atoms with Gasteiger partial charge < -0.3 is 10.4 Å². The van der Waals surface area contributed by atoms with Crippen molar-refractivity contribution in [2.45, 2.75) is 45.1 Å². The van der Waals surface area contributed by atoms with Crippen LogP contribution in [0.15, 0.2) is 12.2 Å². The number of hydrogen-bond donors (Lipinski definition) is 2. The molecule has 0 aliphatic heterocycles. The van der Waals surface area contributed by atoms with Crippen molar-refractivity contribution in [3.63, 3.8) is 0 Å². The second-order valence-electron chi connectivity index (χ2n) is 4.25. The Morgan fingerprint density at radius 1 is 1.50 bits per heavy atom. The summed E-state index contributed by atoms with van der Waals surface area (Å²) in [7, 11) is 0.